The molecule has 1 aliphatic heterocycles. The number of halogens is 2. The van der Waals surface area contributed by atoms with E-state index in [-0.39, 0.29) is 33.3 Å². The first-order chi connectivity index (χ1) is 20.1. The van der Waals surface area contributed by atoms with Gasteiger partial charge in [0, 0.05) is 55.2 Å². The Morgan fingerprint density at radius 2 is 1.83 bits per heavy atom. The van der Waals surface area contributed by atoms with Crippen molar-refractivity contribution in [3.63, 3.8) is 0 Å². The molecule has 4 rings (SSSR count). The fourth-order valence-electron chi connectivity index (χ4n) is 4.44. The average Bonchev–Trinajstić information content (AvgIpc) is 2.93. The van der Waals surface area contributed by atoms with E-state index in [1.165, 1.54) is 18.3 Å². The Kier molecular flexibility index (Phi) is 10.7. The van der Waals surface area contributed by atoms with Gasteiger partial charge in [0.15, 0.2) is 11.7 Å². The fraction of sp³-hybridized carbons (Fsp3) is 0.379. The van der Waals surface area contributed by atoms with Crippen LogP contribution in [0.4, 0.5) is 26.0 Å². The lowest BCUT2D eigenvalue weighted by atomic mass is 10.1. The van der Waals surface area contributed by atoms with E-state index >= 15 is 0 Å². The van der Waals surface area contributed by atoms with Crippen LogP contribution >= 0.6 is 11.8 Å². The Morgan fingerprint density at radius 1 is 1.12 bits per heavy atom. The number of anilines is 3. The van der Waals surface area contributed by atoms with Crippen molar-refractivity contribution in [2.24, 2.45) is 10.7 Å². The van der Waals surface area contributed by atoms with Crippen LogP contribution in [-0.2, 0) is 4.74 Å². The molecular weight excluding hydrogens is 562 g/mol. The van der Waals surface area contributed by atoms with Crippen LogP contribution in [-0.4, -0.2) is 80.1 Å². The quantitative estimate of drug-likeness (QED) is 0.219. The number of nitrogens with one attached hydrogen (secondary N) is 1. The van der Waals surface area contributed by atoms with Crippen LogP contribution in [0, 0.1) is 11.6 Å². The van der Waals surface area contributed by atoms with Crippen LogP contribution in [0.25, 0.3) is 0 Å². The molecule has 0 unspecified atom stereocenters. The molecule has 0 saturated carbocycles. The predicted octanol–water partition coefficient (Wildman–Crippen LogP) is 4.01. The largest absolute Gasteiger partial charge is 0.382 e. The number of nitrogens with two attached hydrogens (primary N) is 2. The monoisotopic (exact) mass is 598 g/mol. The van der Waals surface area contributed by atoms with Crippen molar-refractivity contribution < 1.29 is 18.3 Å². The van der Waals surface area contributed by atoms with Crippen molar-refractivity contribution in [1.29, 1.82) is 0 Å². The second-order valence-electron chi connectivity index (χ2n) is 10.3. The molecule has 0 bridgehead atoms. The van der Waals surface area contributed by atoms with Crippen molar-refractivity contribution in [3.05, 3.63) is 65.5 Å². The maximum Gasteiger partial charge on any atom is 0.281 e. The van der Waals surface area contributed by atoms with Gasteiger partial charge in [0.25, 0.3) is 5.91 Å². The normalized spacial score (nSPS) is 14.3. The first-order valence-corrected chi connectivity index (χ1v) is 14.4. The predicted molar refractivity (Wildman–Crippen MR) is 162 cm³/mol. The number of aromatic nitrogens is 2. The van der Waals surface area contributed by atoms with Crippen molar-refractivity contribution >= 4 is 40.7 Å². The highest BCUT2D eigenvalue weighted by molar-refractivity contribution is 7.99. The maximum atomic E-state index is 13.6. The van der Waals surface area contributed by atoms with E-state index in [1.54, 1.807) is 6.07 Å². The van der Waals surface area contributed by atoms with Crippen LogP contribution in [0.1, 0.15) is 35.3 Å². The molecule has 2 aromatic carbocycles. The van der Waals surface area contributed by atoms with Gasteiger partial charge in [-0.15, -0.1) is 0 Å². The maximum absolute atomic E-state index is 13.6. The lowest BCUT2D eigenvalue weighted by molar-refractivity contribution is 0.0904. The highest BCUT2D eigenvalue weighted by atomic mass is 32.2. The molecule has 1 saturated heterocycles. The summed E-state index contributed by atoms with van der Waals surface area (Å²) in [5.74, 6) is -2.27. The van der Waals surface area contributed by atoms with Crippen LogP contribution in [0.3, 0.4) is 0 Å². The molecule has 10 nitrogen and oxygen atoms in total. The molecule has 0 atom stereocenters. The number of amides is 1. The molecule has 0 spiro atoms. The van der Waals surface area contributed by atoms with Crippen LogP contribution in [0.15, 0.2) is 57.5 Å². The summed E-state index contributed by atoms with van der Waals surface area (Å²) in [6.45, 7) is 3.10. The van der Waals surface area contributed by atoms with E-state index in [0.717, 1.165) is 55.9 Å². The van der Waals surface area contributed by atoms with Crippen LogP contribution in [0.2, 0.25) is 0 Å². The molecule has 1 aromatic heterocycles. The molecular formula is C29H36F2N8O2S. The Morgan fingerprint density at radius 3 is 2.52 bits per heavy atom. The topological polar surface area (TPSA) is 135 Å². The highest BCUT2D eigenvalue weighted by Crippen LogP contribution is 2.29. The first kappa shape index (κ1) is 31.1. The highest BCUT2D eigenvalue weighted by Gasteiger charge is 2.20. The zero-order valence-corrected chi connectivity index (χ0v) is 24.8. The molecule has 1 aliphatic rings. The van der Waals surface area contributed by atoms with Crippen molar-refractivity contribution in [2.75, 3.05) is 63.4 Å². The molecule has 224 valence electrons. The third-order valence-corrected chi connectivity index (χ3v) is 7.53. The SMILES string of the molecule is CN(C)CCCN(C)c1ccc(C(=O)N=C(N)c2nc(Sc3cc(F)cc(F)c3)cnc2N)c(NC2CCOCC2)c1. The second-order valence-corrected chi connectivity index (χ2v) is 11.4. The van der Waals surface area contributed by atoms with E-state index in [1.807, 2.05) is 33.3 Å². The Hall–Kier alpha value is -3.81. The smallest absolute Gasteiger partial charge is 0.281 e. The zero-order valence-electron chi connectivity index (χ0n) is 23.9. The lowest BCUT2D eigenvalue weighted by Gasteiger charge is -2.27. The van der Waals surface area contributed by atoms with Gasteiger partial charge >= 0.3 is 0 Å². The Bertz CT molecular complexity index is 1410. The molecule has 3 aromatic rings. The van der Waals surface area contributed by atoms with Gasteiger partial charge < -0.3 is 31.3 Å². The molecule has 1 amide bonds. The average molecular weight is 599 g/mol. The van der Waals surface area contributed by atoms with Gasteiger partial charge in [0.2, 0.25) is 0 Å². The minimum absolute atomic E-state index is 0.00130. The summed E-state index contributed by atoms with van der Waals surface area (Å²) < 4.78 is 32.8. The number of hydrogen-bond acceptors (Lipinski definition) is 9. The van der Waals surface area contributed by atoms with Gasteiger partial charge in [-0.3, -0.25) is 4.79 Å². The Labute approximate surface area is 248 Å². The number of hydrogen-bond donors (Lipinski definition) is 3. The van der Waals surface area contributed by atoms with Crippen LogP contribution < -0.4 is 21.7 Å². The van der Waals surface area contributed by atoms with Gasteiger partial charge in [0.1, 0.15) is 22.4 Å². The van der Waals surface area contributed by atoms with E-state index in [4.69, 9.17) is 16.2 Å². The van der Waals surface area contributed by atoms with Crippen LogP contribution in [0.5, 0.6) is 0 Å². The van der Waals surface area contributed by atoms with E-state index in [0.29, 0.717) is 24.5 Å². The molecule has 0 radical (unpaired) electrons. The molecule has 0 aliphatic carbocycles. The zero-order chi connectivity index (χ0) is 30.2. The summed E-state index contributed by atoms with van der Waals surface area (Å²) in [5.41, 5.74) is 14.2. The van der Waals surface area contributed by atoms with Crippen molar-refractivity contribution in [3.8, 4) is 0 Å². The first-order valence-electron chi connectivity index (χ1n) is 13.6. The van der Waals surface area contributed by atoms with Gasteiger partial charge in [-0.1, -0.05) is 11.8 Å². The molecule has 13 heteroatoms. The van der Waals surface area contributed by atoms with Gasteiger partial charge in [-0.25, -0.2) is 18.7 Å². The second kappa shape index (κ2) is 14.4. The number of carbonyl (C=O) groups is 1. The third-order valence-electron chi connectivity index (χ3n) is 6.66. The molecule has 1 fully saturated rings. The Balaban J connectivity index is 1.59. The third kappa shape index (κ3) is 8.60. The van der Waals surface area contributed by atoms with Gasteiger partial charge in [0.05, 0.1) is 11.8 Å². The van der Waals surface area contributed by atoms with E-state index in [2.05, 4.69) is 30.1 Å². The summed E-state index contributed by atoms with van der Waals surface area (Å²) in [6.07, 6.45) is 3.97. The molecule has 42 heavy (non-hydrogen) atoms. The summed E-state index contributed by atoms with van der Waals surface area (Å²) in [6, 6.07) is 8.83. The number of nitrogens with zero attached hydrogens (tertiary/aromatic N) is 5. The minimum atomic E-state index is -0.719. The number of rotatable bonds is 11. The fourth-order valence-corrected chi connectivity index (χ4v) is 5.27. The minimum Gasteiger partial charge on any atom is -0.382 e. The van der Waals surface area contributed by atoms with Crippen molar-refractivity contribution in [1.82, 2.24) is 14.9 Å². The van der Waals surface area contributed by atoms with Crippen molar-refractivity contribution in [2.45, 2.75) is 35.2 Å². The molecule has 5 N–H and O–H groups in total. The van der Waals surface area contributed by atoms with Gasteiger partial charge in [-0.05, 0) is 70.2 Å². The number of benzene rings is 2. The summed E-state index contributed by atoms with van der Waals surface area (Å²) in [7, 11) is 6.11. The number of ether oxygens (including phenoxy) is 1. The number of amidine groups is 1. The number of nitrogen functional groups attached to an aromatic ring is 1. The van der Waals surface area contributed by atoms with E-state index < -0.39 is 17.5 Å². The van der Waals surface area contributed by atoms with E-state index in [9.17, 15) is 13.6 Å². The number of carbonyl (C=O) groups excluding carboxylic acids is 1. The molecule has 2 heterocycles. The van der Waals surface area contributed by atoms with Gasteiger partial charge in [-0.2, -0.15) is 4.99 Å². The standard InChI is InChI=1S/C29H36F2N8O2S/c1-38(2)9-4-10-39(3)21-5-6-23(24(16-21)35-20-7-11-41-12-8-20)29(40)37-28(33)26-27(32)34-17-25(36-26)42-22-14-18(30)13-19(31)15-22/h5-6,13-17,20,35H,4,7-12H2,1-3H3,(H2,32,34)(H2,33,37,40). The summed E-state index contributed by atoms with van der Waals surface area (Å²) >= 11 is 0.972. The number of aliphatic imine (C=N–C) groups is 1. The lowest BCUT2D eigenvalue weighted by Crippen LogP contribution is -2.29. The summed E-state index contributed by atoms with van der Waals surface area (Å²) in [4.78, 5) is 30.6. The summed E-state index contributed by atoms with van der Waals surface area (Å²) in [5, 5.41) is 3.78.